The van der Waals surface area contributed by atoms with Gasteiger partial charge in [-0.15, -0.1) is 0 Å². The first kappa shape index (κ1) is 29.6. The number of anilines is 2. The lowest BCUT2D eigenvalue weighted by molar-refractivity contribution is 0.0658. The number of hydrogen-bond acceptors (Lipinski definition) is 6. The first-order valence-electron chi connectivity index (χ1n) is 16.4. The van der Waals surface area contributed by atoms with Crippen molar-refractivity contribution in [3.63, 3.8) is 0 Å². The number of carbonyl (C=O) groups excluding carboxylic acids is 2. The molecule has 0 bridgehead atoms. The molecule has 1 atom stereocenters. The third-order valence-corrected chi connectivity index (χ3v) is 9.64. The molecule has 2 aliphatic heterocycles. The summed E-state index contributed by atoms with van der Waals surface area (Å²) >= 11 is 0. The van der Waals surface area contributed by atoms with E-state index in [1.807, 2.05) is 86.9 Å². The van der Waals surface area contributed by atoms with Crippen LogP contribution < -0.4 is 14.4 Å². The van der Waals surface area contributed by atoms with E-state index in [0.29, 0.717) is 63.0 Å². The van der Waals surface area contributed by atoms with Gasteiger partial charge in [0.15, 0.2) is 11.5 Å². The van der Waals surface area contributed by atoms with Gasteiger partial charge in [-0.2, -0.15) is 0 Å². The third kappa shape index (κ3) is 4.83. The number of imidazole rings is 1. The van der Waals surface area contributed by atoms with Crippen LogP contribution in [0.4, 0.5) is 11.4 Å². The summed E-state index contributed by atoms with van der Waals surface area (Å²) in [6.45, 7) is 2.62. The van der Waals surface area contributed by atoms with Gasteiger partial charge in [-0.25, -0.2) is 4.98 Å². The molecule has 0 spiro atoms. The number of aromatic hydroxyl groups is 1. The average Bonchev–Trinajstić information content (AvgIpc) is 3.90. The maximum Gasteiger partial charge on any atom is 0.265 e. The quantitative estimate of drug-likeness (QED) is 0.209. The molecular formula is C40H31N5O5. The lowest BCUT2D eigenvalue weighted by atomic mass is 9.93. The lowest BCUT2D eigenvalue weighted by Crippen LogP contribution is -2.42. The van der Waals surface area contributed by atoms with Gasteiger partial charge in [0.2, 0.25) is 6.79 Å². The lowest BCUT2D eigenvalue weighted by Gasteiger charge is -2.35. The molecule has 0 saturated heterocycles. The van der Waals surface area contributed by atoms with Crippen molar-refractivity contribution in [1.29, 1.82) is 0 Å². The second-order valence-electron chi connectivity index (χ2n) is 12.6. The fourth-order valence-electron chi connectivity index (χ4n) is 7.11. The van der Waals surface area contributed by atoms with Gasteiger partial charge in [-0.05, 0) is 85.1 Å². The van der Waals surface area contributed by atoms with Crippen LogP contribution in [0.3, 0.4) is 0 Å². The summed E-state index contributed by atoms with van der Waals surface area (Å²) in [4.78, 5) is 37.4. The van der Waals surface area contributed by atoms with Crippen molar-refractivity contribution in [3.8, 4) is 28.5 Å². The predicted molar refractivity (Wildman–Crippen MR) is 188 cm³/mol. The van der Waals surface area contributed by atoms with Crippen LogP contribution in [0.25, 0.3) is 22.4 Å². The molecule has 7 aromatic rings. The van der Waals surface area contributed by atoms with Crippen molar-refractivity contribution < 1.29 is 24.2 Å². The summed E-state index contributed by atoms with van der Waals surface area (Å²) in [5, 5.41) is 10.1. The topological polar surface area (TPSA) is 101 Å². The van der Waals surface area contributed by atoms with Gasteiger partial charge in [-0.3, -0.25) is 14.5 Å². The minimum atomic E-state index is -0.295. The summed E-state index contributed by atoms with van der Waals surface area (Å²) in [6, 6.07) is 29.5. The van der Waals surface area contributed by atoms with Crippen molar-refractivity contribution in [3.05, 3.63) is 144 Å². The molecule has 2 amide bonds. The van der Waals surface area contributed by atoms with Crippen LogP contribution in [-0.4, -0.2) is 48.4 Å². The highest BCUT2D eigenvalue weighted by Gasteiger charge is 2.33. The van der Waals surface area contributed by atoms with E-state index in [1.165, 1.54) is 5.56 Å². The molecule has 0 unspecified atom stereocenters. The SMILES string of the molecule is C[C@@H]1Cc2ccccc2CN1C(=O)c1cc2c(cc1-c1cc(C(=O)N(c3ccc(O)cc3)c3ccn4ccnc4c3)c3ccccn13)OCO2. The standard InChI is InChI=1S/C40H31N5O5/c1-25-18-26-6-2-3-7-27(26)23-44(25)39(47)32-22-37-36(49-24-50-37)21-31(32)35-20-33(34-8-4-5-15-43(34)35)40(48)45(28-9-11-30(46)12-10-28)29-13-16-42-17-14-41-38(42)19-29/h2-17,19-22,25,46H,18,23-24H2,1H3/t25-/m1/s1. The molecule has 0 fully saturated rings. The first-order valence-corrected chi connectivity index (χ1v) is 16.4. The minimum Gasteiger partial charge on any atom is -0.508 e. The fraction of sp³-hybridized carbons (Fsp3) is 0.125. The largest absolute Gasteiger partial charge is 0.508 e. The molecule has 4 aromatic heterocycles. The van der Waals surface area contributed by atoms with Crippen LogP contribution in [0.5, 0.6) is 17.2 Å². The number of benzene rings is 3. The number of hydrogen-bond donors (Lipinski definition) is 1. The van der Waals surface area contributed by atoms with Crippen LogP contribution in [0.2, 0.25) is 0 Å². The van der Waals surface area contributed by atoms with Gasteiger partial charge in [0.1, 0.15) is 11.4 Å². The molecule has 50 heavy (non-hydrogen) atoms. The number of fused-ring (bicyclic) bond motifs is 4. The van der Waals surface area contributed by atoms with E-state index in [1.54, 1.807) is 41.4 Å². The maximum absolute atomic E-state index is 14.9. The van der Waals surface area contributed by atoms with Crippen molar-refractivity contribution in [1.82, 2.24) is 18.7 Å². The van der Waals surface area contributed by atoms with Gasteiger partial charge in [0.25, 0.3) is 11.8 Å². The number of ether oxygens (including phenoxy) is 2. The fourth-order valence-corrected chi connectivity index (χ4v) is 7.11. The van der Waals surface area contributed by atoms with E-state index in [2.05, 4.69) is 24.0 Å². The Morgan fingerprint density at radius 3 is 2.44 bits per heavy atom. The molecule has 246 valence electrons. The van der Waals surface area contributed by atoms with Gasteiger partial charge < -0.3 is 28.3 Å². The Bertz CT molecular complexity index is 2460. The van der Waals surface area contributed by atoms with Gasteiger partial charge in [0, 0.05) is 54.7 Å². The van der Waals surface area contributed by atoms with Crippen LogP contribution in [-0.2, 0) is 13.0 Å². The first-order chi connectivity index (χ1) is 24.4. The van der Waals surface area contributed by atoms with Crippen LogP contribution >= 0.6 is 0 Å². The Hall–Kier alpha value is -6.55. The number of pyridine rings is 2. The van der Waals surface area contributed by atoms with Gasteiger partial charge >= 0.3 is 0 Å². The van der Waals surface area contributed by atoms with Crippen LogP contribution in [0.1, 0.15) is 38.8 Å². The number of phenolic OH excluding ortho intramolecular Hbond substituents is 1. The summed E-state index contributed by atoms with van der Waals surface area (Å²) in [5.74, 6) is 0.709. The van der Waals surface area contributed by atoms with E-state index >= 15 is 0 Å². The molecule has 9 rings (SSSR count). The predicted octanol–water partition coefficient (Wildman–Crippen LogP) is 7.25. The smallest absolute Gasteiger partial charge is 0.265 e. The third-order valence-electron chi connectivity index (χ3n) is 9.64. The van der Waals surface area contributed by atoms with E-state index < -0.39 is 0 Å². The summed E-state index contributed by atoms with van der Waals surface area (Å²) < 4.78 is 15.4. The van der Waals surface area contributed by atoms with E-state index in [4.69, 9.17) is 9.47 Å². The number of nitrogens with zero attached hydrogens (tertiary/aromatic N) is 5. The maximum atomic E-state index is 14.9. The highest BCUT2D eigenvalue weighted by molar-refractivity contribution is 6.16. The number of amides is 2. The molecule has 3 aromatic carbocycles. The van der Waals surface area contributed by atoms with Gasteiger partial charge in [0.05, 0.1) is 28.0 Å². The second-order valence-corrected chi connectivity index (χ2v) is 12.6. The van der Waals surface area contributed by atoms with E-state index in [0.717, 1.165) is 12.0 Å². The minimum absolute atomic E-state index is 0.0249. The van der Waals surface area contributed by atoms with Gasteiger partial charge in [-0.1, -0.05) is 30.3 Å². The molecule has 0 radical (unpaired) electrons. The molecule has 2 aliphatic rings. The number of aromatic nitrogens is 3. The zero-order valence-corrected chi connectivity index (χ0v) is 27.1. The highest BCUT2D eigenvalue weighted by atomic mass is 16.7. The Morgan fingerprint density at radius 1 is 0.820 bits per heavy atom. The molecule has 1 N–H and O–H groups in total. The van der Waals surface area contributed by atoms with Crippen molar-refractivity contribution in [2.24, 2.45) is 0 Å². The average molecular weight is 662 g/mol. The van der Waals surface area contributed by atoms with Crippen LogP contribution in [0, 0.1) is 0 Å². The molecule has 0 saturated carbocycles. The molecule has 6 heterocycles. The van der Waals surface area contributed by atoms with Crippen molar-refractivity contribution >= 4 is 34.4 Å². The van der Waals surface area contributed by atoms with E-state index in [9.17, 15) is 14.7 Å². The zero-order valence-electron chi connectivity index (χ0n) is 27.1. The number of phenols is 1. The number of carbonyl (C=O) groups is 2. The van der Waals surface area contributed by atoms with Crippen molar-refractivity contribution in [2.75, 3.05) is 11.7 Å². The summed E-state index contributed by atoms with van der Waals surface area (Å²) in [7, 11) is 0. The Labute approximate surface area is 287 Å². The molecule has 10 nitrogen and oxygen atoms in total. The molecular weight excluding hydrogens is 630 g/mol. The summed E-state index contributed by atoms with van der Waals surface area (Å²) in [6.07, 6.45) is 8.04. The molecule has 0 aliphatic carbocycles. The normalized spacial score (nSPS) is 15.0. The monoisotopic (exact) mass is 661 g/mol. The van der Waals surface area contributed by atoms with Crippen LogP contribution in [0.15, 0.2) is 122 Å². The number of rotatable bonds is 5. The highest BCUT2D eigenvalue weighted by Crippen LogP contribution is 2.42. The second kappa shape index (κ2) is 11.6. The van der Waals surface area contributed by atoms with Crippen molar-refractivity contribution in [2.45, 2.75) is 25.9 Å². The Kier molecular flexibility index (Phi) is 6.84. The Balaban J connectivity index is 1.19. The zero-order chi connectivity index (χ0) is 33.9. The molecule has 10 heteroatoms. The Morgan fingerprint density at radius 2 is 1.60 bits per heavy atom. The summed E-state index contributed by atoms with van der Waals surface area (Å²) in [5.41, 5.74) is 7.06. The van der Waals surface area contributed by atoms with E-state index in [-0.39, 0.29) is 30.4 Å².